The van der Waals surface area contributed by atoms with Gasteiger partial charge >= 0.3 is 0 Å². The Bertz CT molecular complexity index is 1340. The highest BCUT2D eigenvalue weighted by Crippen LogP contribution is 2.41. The molecule has 2 aromatic carbocycles. The van der Waals surface area contributed by atoms with Crippen molar-refractivity contribution in [1.29, 1.82) is 0 Å². The summed E-state index contributed by atoms with van der Waals surface area (Å²) in [4.78, 5) is 3.59. The SMILES string of the molecule is [2H]c1c(C([2H])([2H])[2H])ccc(-c2c(C)ccc3c2oc2c([N+]#[C-])ccc(C)c23)[n+]1C. The van der Waals surface area contributed by atoms with Gasteiger partial charge in [0, 0.05) is 26.5 Å². The van der Waals surface area contributed by atoms with E-state index in [1.54, 1.807) is 23.7 Å². The molecule has 3 heteroatoms. The molecule has 122 valence electrons. The van der Waals surface area contributed by atoms with Crippen LogP contribution in [0.25, 0.3) is 38.0 Å². The van der Waals surface area contributed by atoms with E-state index in [9.17, 15) is 0 Å². The molecule has 0 saturated carbocycles. The van der Waals surface area contributed by atoms with Crippen LogP contribution in [0.2, 0.25) is 0 Å². The summed E-state index contributed by atoms with van der Waals surface area (Å²) in [6, 6.07) is 10.8. The average molecular weight is 331 g/mol. The van der Waals surface area contributed by atoms with Crippen LogP contribution in [0.15, 0.2) is 47.0 Å². The molecule has 2 aromatic heterocycles. The Labute approximate surface area is 152 Å². The zero-order valence-electron chi connectivity index (χ0n) is 18.3. The van der Waals surface area contributed by atoms with Gasteiger partial charge in [-0.2, -0.15) is 0 Å². The van der Waals surface area contributed by atoms with Crippen molar-refractivity contribution in [1.82, 2.24) is 0 Å². The largest absolute Gasteiger partial charge is 0.466 e. The number of benzene rings is 2. The molecule has 25 heavy (non-hydrogen) atoms. The number of hydrogen-bond donors (Lipinski definition) is 0. The fourth-order valence-electron chi connectivity index (χ4n) is 3.40. The second-order valence-corrected chi connectivity index (χ2v) is 6.26. The first-order valence-corrected chi connectivity index (χ1v) is 7.98. The van der Waals surface area contributed by atoms with Crippen LogP contribution < -0.4 is 4.57 Å². The van der Waals surface area contributed by atoms with Crippen molar-refractivity contribution in [2.24, 2.45) is 7.05 Å². The standard InChI is InChI=1S/C22H19N2O/c1-13-6-11-18(24(5)12-13)20-15(3)7-9-16-19-14(2)8-10-17(23-4)22(19)25-21(16)20/h6-12H,1-3,5H3/q+1/i1D3,12D. The maximum atomic E-state index is 8.36. The first kappa shape index (κ1) is 11.4. The molecule has 4 rings (SSSR count). The fraction of sp³-hybridized carbons (Fsp3) is 0.182. The number of fused-ring (bicyclic) bond motifs is 3. The Morgan fingerprint density at radius 2 is 1.88 bits per heavy atom. The Morgan fingerprint density at radius 3 is 2.64 bits per heavy atom. The molecule has 3 nitrogen and oxygen atoms in total. The molecule has 0 radical (unpaired) electrons. The van der Waals surface area contributed by atoms with Gasteiger partial charge in [0.05, 0.1) is 12.1 Å². The highest BCUT2D eigenvalue weighted by Gasteiger charge is 2.22. The Kier molecular flexibility index (Phi) is 2.50. The summed E-state index contributed by atoms with van der Waals surface area (Å²) in [7, 11) is 1.68. The van der Waals surface area contributed by atoms with Gasteiger partial charge in [0.15, 0.2) is 6.17 Å². The zero-order valence-corrected chi connectivity index (χ0v) is 14.3. The first-order chi connectivity index (χ1) is 13.6. The molecular formula is C22H19N2O+. The quantitative estimate of drug-likeness (QED) is 0.331. The number of rotatable bonds is 1. The van der Waals surface area contributed by atoms with Crippen molar-refractivity contribution >= 4 is 27.6 Å². The average Bonchev–Trinajstić information content (AvgIpc) is 3.04. The summed E-state index contributed by atoms with van der Waals surface area (Å²) < 4.78 is 39.1. The number of furan rings is 1. The van der Waals surface area contributed by atoms with Gasteiger partial charge in [0.1, 0.15) is 19.6 Å². The predicted molar refractivity (Wildman–Crippen MR) is 101 cm³/mol. The Hall–Kier alpha value is -3.12. The van der Waals surface area contributed by atoms with E-state index in [2.05, 4.69) is 4.85 Å². The van der Waals surface area contributed by atoms with Crippen LogP contribution in [0.3, 0.4) is 0 Å². The number of aryl methyl sites for hydroxylation is 3. The van der Waals surface area contributed by atoms with E-state index in [0.29, 0.717) is 22.5 Å². The molecule has 2 heterocycles. The lowest BCUT2D eigenvalue weighted by Crippen LogP contribution is -2.31. The molecule has 0 saturated heterocycles. The summed E-state index contributed by atoms with van der Waals surface area (Å²) in [6.07, 6.45) is -0.0620. The molecule has 0 bridgehead atoms. The lowest BCUT2D eigenvalue weighted by molar-refractivity contribution is -0.660. The van der Waals surface area contributed by atoms with E-state index < -0.39 is 6.85 Å². The van der Waals surface area contributed by atoms with Gasteiger partial charge < -0.3 is 4.42 Å². The molecule has 0 amide bonds. The second kappa shape index (κ2) is 5.46. The van der Waals surface area contributed by atoms with E-state index >= 15 is 0 Å². The van der Waals surface area contributed by atoms with Crippen molar-refractivity contribution in [2.45, 2.75) is 20.7 Å². The number of hydrogen-bond acceptors (Lipinski definition) is 1. The molecular weight excluding hydrogens is 308 g/mol. The molecule has 0 unspecified atom stereocenters. The molecule has 4 aromatic rings. The van der Waals surface area contributed by atoms with Gasteiger partial charge in [-0.15, -0.1) is 0 Å². The van der Waals surface area contributed by atoms with E-state index in [1.165, 1.54) is 6.07 Å². The minimum Gasteiger partial charge on any atom is -0.466 e. The van der Waals surface area contributed by atoms with Crippen LogP contribution in [0.4, 0.5) is 5.69 Å². The highest BCUT2D eigenvalue weighted by atomic mass is 16.3. The van der Waals surface area contributed by atoms with Crippen LogP contribution in [0.5, 0.6) is 0 Å². The molecule has 0 fully saturated rings. The van der Waals surface area contributed by atoms with Crippen molar-refractivity contribution in [3.05, 3.63) is 70.7 Å². The minimum absolute atomic E-state index is 0.00400. The van der Waals surface area contributed by atoms with E-state index in [0.717, 1.165) is 27.5 Å². The van der Waals surface area contributed by atoms with Crippen molar-refractivity contribution in [3.8, 4) is 11.3 Å². The van der Waals surface area contributed by atoms with Gasteiger partial charge in [0.25, 0.3) is 0 Å². The van der Waals surface area contributed by atoms with Gasteiger partial charge in [-0.05, 0) is 37.9 Å². The van der Waals surface area contributed by atoms with Crippen LogP contribution in [0, 0.1) is 27.3 Å². The fourth-order valence-corrected chi connectivity index (χ4v) is 3.40. The number of aromatic nitrogens is 1. The summed E-state index contributed by atoms with van der Waals surface area (Å²) in [5.41, 5.74) is 5.08. The lowest BCUT2D eigenvalue weighted by Gasteiger charge is -2.06. The topological polar surface area (TPSA) is 21.4 Å². The lowest BCUT2D eigenvalue weighted by atomic mass is 9.99. The molecule has 0 aliphatic carbocycles. The van der Waals surface area contributed by atoms with Gasteiger partial charge in [-0.25, -0.2) is 9.41 Å². The number of nitrogens with zero attached hydrogens (tertiary/aromatic N) is 2. The molecule has 0 aliphatic rings. The van der Waals surface area contributed by atoms with Crippen molar-refractivity contribution in [2.75, 3.05) is 0 Å². The third-order valence-electron chi connectivity index (χ3n) is 4.62. The van der Waals surface area contributed by atoms with Crippen molar-refractivity contribution in [3.63, 3.8) is 0 Å². The first-order valence-electron chi connectivity index (χ1n) is 9.98. The predicted octanol–water partition coefficient (Wildman–Crippen LogP) is 5.55. The van der Waals surface area contributed by atoms with Crippen LogP contribution in [-0.2, 0) is 7.05 Å². The van der Waals surface area contributed by atoms with Gasteiger partial charge in [-0.3, -0.25) is 0 Å². The maximum Gasteiger partial charge on any atom is 0.229 e. The van der Waals surface area contributed by atoms with E-state index in [-0.39, 0.29) is 11.7 Å². The monoisotopic (exact) mass is 331 g/mol. The molecule has 0 N–H and O–H groups in total. The van der Waals surface area contributed by atoms with Crippen LogP contribution >= 0.6 is 0 Å². The highest BCUT2D eigenvalue weighted by molar-refractivity contribution is 6.14. The van der Waals surface area contributed by atoms with Crippen LogP contribution in [-0.4, -0.2) is 0 Å². The van der Waals surface area contributed by atoms with Crippen molar-refractivity contribution < 1.29 is 14.5 Å². The Balaban J connectivity index is 2.12. The van der Waals surface area contributed by atoms with Gasteiger partial charge in [-0.1, -0.05) is 24.3 Å². The summed E-state index contributed by atoms with van der Waals surface area (Å²) in [6.45, 7) is 9.04. The minimum atomic E-state index is -2.35. The summed E-state index contributed by atoms with van der Waals surface area (Å²) >= 11 is 0. The van der Waals surface area contributed by atoms with E-state index in [4.69, 9.17) is 16.5 Å². The smallest absolute Gasteiger partial charge is 0.229 e. The molecule has 0 spiro atoms. The number of pyridine rings is 1. The molecule has 0 aliphatic heterocycles. The normalized spacial score (nSPS) is 14.0. The zero-order chi connectivity index (χ0) is 21.1. The third kappa shape index (κ3) is 2.22. The summed E-state index contributed by atoms with van der Waals surface area (Å²) in [5.74, 6) is 0. The second-order valence-electron chi connectivity index (χ2n) is 6.26. The van der Waals surface area contributed by atoms with Gasteiger partial charge in [0.2, 0.25) is 11.4 Å². The summed E-state index contributed by atoms with van der Waals surface area (Å²) in [5, 5.41) is 1.80. The van der Waals surface area contributed by atoms with Crippen LogP contribution in [0.1, 0.15) is 22.2 Å². The third-order valence-corrected chi connectivity index (χ3v) is 4.62. The van der Waals surface area contributed by atoms with E-state index in [1.807, 2.05) is 32.0 Å². The maximum absolute atomic E-state index is 8.36. The Morgan fingerprint density at radius 1 is 1.08 bits per heavy atom. The molecule has 0 atom stereocenters.